The largest absolute Gasteiger partial charge is 0.505 e. The zero-order valence-corrected chi connectivity index (χ0v) is 11.4. The van der Waals surface area contributed by atoms with Crippen molar-refractivity contribution in [3.8, 4) is 17.2 Å². The highest BCUT2D eigenvalue weighted by Crippen LogP contribution is 2.30. The number of para-hydroxylation sites is 2. The van der Waals surface area contributed by atoms with E-state index in [0.29, 0.717) is 19.7 Å². The molecule has 2 aromatic carbocycles. The van der Waals surface area contributed by atoms with Crippen molar-refractivity contribution in [1.29, 1.82) is 0 Å². The van der Waals surface area contributed by atoms with E-state index in [4.69, 9.17) is 14.6 Å². The molecule has 0 bridgehead atoms. The van der Waals surface area contributed by atoms with E-state index >= 15 is 0 Å². The minimum Gasteiger partial charge on any atom is -0.505 e. The van der Waals surface area contributed by atoms with Gasteiger partial charge >= 0.3 is 0 Å². The normalized spacial score (nSPS) is 16.7. The van der Waals surface area contributed by atoms with Gasteiger partial charge in [-0.3, -0.25) is 0 Å². The van der Waals surface area contributed by atoms with Gasteiger partial charge in [0.25, 0.3) is 0 Å². The lowest BCUT2D eigenvalue weighted by Crippen LogP contribution is -2.38. The van der Waals surface area contributed by atoms with E-state index in [1.165, 1.54) is 12.1 Å². The third-order valence-electron chi connectivity index (χ3n) is 3.28. The summed E-state index contributed by atoms with van der Waals surface area (Å²) in [6, 6.07) is 11.9. The van der Waals surface area contributed by atoms with E-state index in [-0.39, 0.29) is 11.9 Å². The predicted molar refractivity (Wildman–Crippen MR) is 76.1 cm³/mol. The number of aromatic hydroxyl groups is 1. The van der Waals surface area contributed by atoms with E-state index in [1.807, 2.05) is 24.3 Å². The van der Waals surface area contributed by atoms with Crippen LogP contribution in [0.3, 0.4) is 0 Å². The van der Waals surface area contributed by atoms with E-state index in [1.54, 1.807) is 6.07 Å². The molecule has 1 aliphatic rings. The van der Waals surface area contributed by atoms with Crippen LogP contribution in [-0.4, -0.2) is 24.4 Å². The summed E-state index contributed by atoms with van der Waals surface area (Å²) in [5.41, 5.74) is 0.766. The summed E-state index contributed by atoms with van der Waals surface area (Å²) in [5.74, 6) is 0.556. The van der Waals surface area contributed by atoms with Gasteiger partial charge in [0, 0.05) is 13.1 Å². The number of phenols is 1. The summed E-state index contributed by atoms with van der Waals surface area (Å²) in [5, 5.41) is 12.3. The Kier molecular flexibility index (Phi) is 3.92. The van der Waals surface area contributed by atoms with Crippen LogP contribution in [-0.2, 0) is 6.54 Å². The Labute approximate surface area is 122 Å². The van der Waals surface area contributed by atoms with Gasteiger partial charge in [0.1, 0.15) is 12.7 Å². The number of rotatable bonds is 4. The summed E-state index contributed by atoms with van der Waals surface area (Å²) >= 11 is 0. The van der Waals surface area contributed by atoms with Crippen LogP contribution in [0.15, 0.2) is 42.5 Å². The molecule has 0 amide bonds. The summed E-state index contributed by atoms with van der Waals surface area (Å²) in [7, 11) is 0. The summed E-state index contributed by atoms with van der Waals surface area (Å²) in [6.07, 6.45) is -0.0816. The molecule has 1 aliphatic heterocycles. The minimum absolute atomic E-state index is 0.0816. The average Bonchev–Trinajstić information content (AvgIpc) is 2.51. The molecular weight excluding hydrogens is 273 g/mol. The van der Waals surface area contributed by atoms with Crippen molar-refractivity contribution in [2.75, 3.05) is 13.2 Å². The van der Waals surface area contributed by atoms with Crippen LogP contribution in [0.2, 0.25) is 0 Å². The highest BCUT2D eigenvalue weighted by atomic mass is 19.1. The van der Waals surface area contributed by atoms with Crippen molar-refractivity contribution in [2.24, 2.45) is 0 Å². The number of phenolic OH excluding ortho intramolecular Hbond substituents is 1. The zero-order valence-electron chi connectivity index (χ0n) is 11.4. The Morgan fingerprint density at radius 3 is 2.81 bits per heavy atom. The Morgan fingerprint density at radius 1 is 1.19 bits per heavy atom. The van der Waals surface area contributed by atoms with Crippen molar-refractivity contribution < 1.29 is 19.0 Å². The number of fused-ring (bicyclic) bond motifs is 1. The van der Waals surface area contributed by atoms with Crippen LogP contribution >= 0.6 is 0 Å². The first-order valence-electron chi connectivity index (χ1n) is 6.79. The van der Waals surface area contributed by atoms with Gasteiger partial charge in [-0.15, -0.1) is 0 Å². The molecule has 2 N–H and O–H groups in total. The highest BCUT2D eigenvalue weighted by molar-refractivity contribution is 5.40. The zero-order chi connectivity index (χ0) is 14.7. The van der Waals surface area contributed by atoms with Crippen LogP contribution in [0.4, 0.5) is 4.39 Å². The molecule has 3 rings (SSSR count). The maximum atomic E-state index is 13.2. The molecule has 1 atom stereocenters. The lowest BCUT2D eigenvalue weighted by atomic mass is 10.2. The van der Waals surface area contributed by atoms with Crippen LogP contribution in [0.1, 0.15) is 5.56 Å². The monoisotopic (exact) mass is 289 g/mol. The van der Waals surface area contributed by atoms with Gasteiger partial charge in [0.2, 0.25) is 0 Å². The fraction of sp³-hybridized carbons (Fsp3) is 0.250. The molecular formula is C16H16FNO3. The van der Waals surface area contributed by atoms with Gasteiger partial charge in [0.05, 0.1) is 0 Å². The Hall–Kier alpha value is -2.27. The predicted octanol–water partition coefficient (Wildman–Crippen LogP) is 2.46. The quantitative estimate of drug-likeness (QED) is 0.908. The fourth-order valence-corrected chi connectivity index (χ4v) is 2.20. The smallest absolute Gasteiger partial charge is 0.165 e. The Balaban J connectivity index is 1.51. The molecule has 110 valence electrons. The molecule has 0 aromatic heterocycles. The minimum atomic E-state index is -0.611. The highest BCUT2D eigenvalue weighted by Gasteiger charge is 2.19. The molecule has 2 aromatic rings. The average molecular weight is 289 g/mol. The topological polar surface area (TPSA) is 50.7 Å². The van der Waals surface area contributed by atoms with Crippen LogP contribution in [0.25, 0.3) is 0 Å². The maximum Gasteiger partial charge on any atom is 0.165 e. The van der Waals surface area contributed by atoms with E-state index < -0.39 is 5.82 Å². The number of nitrogens with one attached hydrogen (secondary N) is 1. The van der Waals surface area contributed by atoms with Crippen molar-refractivity contribution in [3.05, 3.63) is 53.8 Å². The fourth-order valence-electron chi connectivity index (χ4n) is 2.20. The Morgan fingerprint density at radius 2 is 2.00 bits per heavy atom. The van der Waals surface area contributed by atoms with Gasteiger partial charge in [-0.1, -0.05) is 18.2 Å². The molecule has 0 fully saturated rings. The number of hydrogen-bond donors (Lipinski definition) is 2. The lowest BCUT2D eigenvalue weighted by Gasteiger charge is -2.26. The first kappa shape index (κ1) is 13.7. The van der Waals surface area contributed by atoms with Crippen molar-refractivity contribution in [1.82, 2.24) is 5.32 Å². The Bertz CT molecular complexity index is 633. The number of benzene rings is 2. The molecule has 5 heteroatoms. The lowest BCUT2D eigenvalue weighted by molar-refractivity contribution is 0.0902. The third-order valence-corrected chi connectivity index (χ3v) is 3.28. The molecule has 0 spiro atoms. The molecule has 1 unspecified atom stereocenters. The van der Waals surface area contributed by atoms with Crippen LogP contribution in [0, 0.1) is 5.82 Å². The third kappa shape index (κ3) is 3.25. The molecule has 1 heterocycles. The van der Waals surface area contributed by atoms with E-state index in [0.717, 1.165) is 17.1 Å². The maximum absolute atomic E-state index is 13.2. The van der Waals surface area contributed by atoms with Gasteiger partial charge in [0.15, 0.2) is 23.1 Å². The molecule has 0 saturated heterocycles. The van der Waals surface area contributed by atoms with Gasteiger partial charge in [-0.05, 0) is 29.8 Å². The first-order valence-corrected chi connectivity index (χ1v) is 6.79. The number of ether oxygens (including phenoxy) is 2. The summed E-state index contributed by atoms with van der Waals surface area (Å²) in [4.78, 5) is 0. The first-order chi connectivity index (χ1) is 10.2. The molecule has 0 radical (unpaired) electrons. The van der Waals surface area contributed by atoms with Gasteiger partial charge < -0.3 is 19.9 Å². The summed E-state index contributed by atoms with van der Waals surface area (Å²) < 4.78 is 24.6. The second-order valence-corrected chi connectivity index (χ2v) is 4.91. The van der Waals surface area contributed by atoms with Gasteiger partial charge in [-0.2, -0.15) is 0 Å². The van der Waals surface area contributed by atoms with E-state index in [2.05, 4.69) is 5.32 Å². The molecule has 4 nitrogen and oxygen atoms in total. The van der Waals surface area contributed by atoms with E-state index in [9.17, 15) is 4.39 Å². The number of hydrogen-bond acceptors (Lipinski definition) is 4. The van der Waals surface area contributed by atoms with Gasteiger partial charge in [-0.25, -0.2) is 4.39 Å². The SMILES string of the molecule is Oc1ccc(CNCC2COc3ccccc3O2)cc1F. The second kappa shape index (κ2) is 6.01. The second-order valence-electron chi connectivity index (χ2n) is 4.91. The van der Waals surface area contributed by atoms with Crippen LogP contribution < -0.4 is 14.8 Å². The molecule has 0 saturated carbocycles. The number of halogens is 1. The molecule has 21 heavy (non-hydrogen) atoms. The van der Waals surface area contributed by atoms with Crippen molar-refractivity contribution >= 4 is 0 Å². The molecule has 0 aliphatic carbocycles. The van der Waals surface area contributed by atoms with Crippen molar-refractivity contribution in [3.63, 3.8) is 0 Å². The summed E-state index contributed by atoms with van der Waals surface area (Å²) in [6.45, 7) is 1.57. The van der Waals surface area contributed by atoms with Crippen molar-refractivity contribution in [2.45, 2.75) is 12.6 Å². The standard InChI is InChI=1S/C16H16FNO3/c17-13-7-11(5-6-14(13)19)8-18-9-12-10-20-15-3-1-2-4-16(15)21-12/h1-7,12,18-19H,8-10H2. The van der Waals surface area contributed by atoms with Crippen LogP contribution in [0.5, 0.6) is 17.2 Å².